The van der Waals surface area contributed by atoms with Gasteiger partial charge in [0.2, 0.25) is 0 Å². The minimum Gasteiger partial charge on any atom is -0.309 e. The van der Waals surface area contributed by atoms with Gasteiger partial charge in [0, 0.05) is 25.2 Å². The Labute approximate surface area is 130 Å². The van der Waals surface area contributed by atoms with E-state index in [9.17, 15) is 0 Å². The van der Waals surface area contributed by atoms with E-state index < -0.39 is 0 Å². The summed E-state index contributed by atoms with van der Waals surface area (Å²) in [5, 5.41) is 3.74. The fourth-order valence-corrected chi connectivity index (χ4v) is 3.66. The first kappa shape index (κ1) is 16.5. The largest absolute Gasteiger partial charge is 0.309 e. The third-order valence-electron chi connectivity index (χ3n) is 4.30. The number of hydrogen-bond donors (Lipinski definition) is 1. The van der Waals surface area contributed by atoms with Crippen LogP contribution in [0.15, 0.2) is 24.3 Å². The smallest absolute Gasteiger partial charge is 0.0484 e. The summed E-state index contributed by atoms with van der Waals surface area (Å²) in [5.74, 6) is 1.43. The molecule has 2 atom stereocenters. The molecule has 2 heteroatoms. The lowest BCUT2D eigenvalue weighted by Crippen LogP contribution is -2.46. The number of nitrogens with one attached hydrogen (secondary N) is 1. The molecule has 118 valence electrons. The van der Waals surface area contributed by atoms with Crippen LogP contribution in [0.3, 0.4) is 0 Å². The molecular weight excluding hydrogens is 256 g/mol. The minimum atomic E-state index is 0.490. The molecule has 0 aliphatic heterocycles. The standard InChI is InChI=1S/C19H32N2/c1-6-20-19-17-10-8-7-9-16(17)11-18(19)21(12-14(2)3)13-15(4)5/h7-10,14-15,18-20H,6,11-13H2,1-5H3. The topological polar surface area (TPSA) is 15.3 Å². The molecule has 0 heterocycles. The van der Waals surface area contributed by atoms with Crippen LogP contribution in [0.1, 0.15) is 51.8 Å². The number of nitrogens with zero attached hydrogens (tertiary/aromatic N) is 1. The van der Waals surface area contributed by atoms with Gasteiger partial charge < -0.3 is 5.32 Å². The van der Waals surface area contributed by atoms with E-state index in [1.807, 2.05) is 0 Å². The van der Waals surface area contributed by atoms with Crippen LogP contribution >= 0.6 is 0 Å². The lowest BCUT2D eigenvalue weighted by atomic mass is 10.0. The summed E-state index contributed by atoms with van der Waals surface area (Å²) >= 11 is 0. The van der Waals surface area contributed by atoms with Crippen molar-refractivity contribution < 1.29 is 0 Å². The fraction of sp³-hybridized carbons (Fsp3) is 0.684. The molecule has 0 fully saturated rings. The Bertz CT molecular complexity index is 429. The quantitative estimate of drug-likeness (QED) is 0.819. The van der Waals surface area contributed by atoms with E-state index in [0.29, 0.717) is 12.1 Å². The maximum Gasteiger partial charge on any atom is 0.0484 e. The number of benzene rings is 1. The van der Waals surface area contributed by atoms with Crippen LogP contribution in [0.4, 0.5) is 0 Å². The Morgan fingerprint density at radius 1 is 1.10 bits per heavy atom. The third-order valence-corrected chi connectivity index (χ3v) is 4.30. The van der Waals surface area contributed by atoms with Gasteiger partial charge in [-0.05, 0) is 35.9 Å². The van der Waals surface area contributed by atoms with Crippen molar-refractivity contribution in [3.05, 3.63) is 35.4 Å². The Hall–Kier alpha value is -0.860. The molecule has 0 saturated heterocycles. The van der Waals surface area contributed by atoms with Crippen LogP contribution < -0.4 is 5.32 Å². The molecule has 0 bridgehead atoms. The number of likely N-dealkylation sites (N-methyl/N-ethyl adjacent to an activating group) is 1. The SMILES string of the molecule is CCNC1c2ccccc2CC1N(CC(C)C)CC(C)C. The van der Waals surface area contributed by atoms with E-state index in [-0.39, 0.29) is 0 Å². The average Bonchev–Trinajstić information content (AvgIpc) is 2.77. The second-order valence-electron chi connectivity index (χ2n) is 7.25. The summed E-state index contributed by atoms with van der Waals surface area (Å²) in [5.41, 5.74) is 3.05. The zero-order chi connectivity index (χ0) is 15.4. The maximum atomic E-state index is 3.74. The monoisotopic (exact) mass is 288 g/mol. The van der Waals surface area contributed by atoms with Crippen LogP contribution in [0.2, 0.25) is 0 Å². The van der Waals surface area contributed by atoms with Gasteiger partial charge in [-0.3, -0.25) is 4.90 Å². The van der Waals surface area contributed by atoms with Crippen LogP contribution in [0.5, 0.6) is 0 Å². The van der Waals surface area contributed by atoms with Crippen molar-refractivity contribution in [3.63, 3.8) is 0 Å². The second kappa shape index (κ2) is 7.42. The first-order chi connectivity index (χ1) is 10.0. The normalized spacial score (nSPS) is 21.5. The molecule has 0 saturated carbocycles. The summed E-state index contributed by atoms with van der Waals surface area (Å²) < 4.78 is 0. The van der Waals surface area contributed by atoms with Gasteiger partial charge >= 0.3 is 0 Å². The molecule has 1 N–H and O–H groups in total. The predicted octanol–water partition coefficient (Wildman–Crippen LogP) is 3.88. The molecule has 1 aliphatic rings. The van der Waals surface area contributed by atoms with Crippen molar-refractivity contribution in [1.29, 1.82) is 0 Å². The molecule has 0 radical (unpaired) electrons. The van der Waals surface area contributed by atoms with Gasteiger partial charge in [-0.2, -0.15) is 0 Å². The molecule has 2 unspecified atom stereocenters. The van der Waals surface area contributed by atoms with Gasteiger partial charge in [0.15, 0.2) is 0 Å². The van der Waals surface area contributed by atoms with E-state index >= 15 is 0 Å². The zero-order valence-electron chi connectivity index (χ0n) is 14.4. The van der Waals surface area contributed by atoms with Gasteiger partial charge in [0.05, 0.1) is 0 Å². The number of hydrogen-bond acceptors (Lipinski definition) is 2. The highest BCUT2D eigenvalue weighted by atomic mass is 15.2. The lowest BCUT2D eigenvalue weighted by Gasteiger charge is -2.36. The Kier molecular flexibility index (Phi) is 5.83. The molecule has 1 aromatic carbocycles. The van der Waals surface area contributed by atoms with Crippen molar-refractivity contribution in [3.8, 4) is 0 Å². The summed E-state index contributed by atoms with van der Waals surface area (Å²) in [4.78, 5) is 2.72. The molecular formula is C19H32N2. The van der Waals surface area contributed by atoms with E-state index in [0.717, 1.165) is 18.4 Å². The van der Waals surface area contributed by atoms with E-state index in [1.165, 1.54) is 30.6 Å². The van der Waals surface area contributed by atoms with Gasteiger partial charge in [0.1, 0.15) is 0 Å². The average molecular weight is 288 g/mol. The van der Waals surface area contributed by atoms with Crippen LogP contribution in [-0.2, 0) is 6.42 Å². The van der Waals surface area contributed by atoms with Crippen molar-refractivity contribution >= 4 is 0 Å². The number of rotatable bonds is 7. The first-order valence-electron chi connectivity index (χ1n) is 8.58. The van der Waals surface area contributed by atoms with Crippen LogP contribution in [0, 0.1) is 11.8 Å². The van der Waals surface area contributed by atoms with Crippen LogP contribution in [0.25, 0.3) is 0 Å². The zero-order valence-corrected chi connectivity index (χ0v) is 14.4. The van der Waals surface area contributed by atoms with E-state index in [1.54, 1.807) is 0 Å². The van der Waals surface area contributed by atoms with Gasteiger partial charge in [-0.15, -0.1) is 0 Å². The Balaban J connectivity index is 2.23. The van der Waals surface area contributed by atoms with Crippen molar-refractivity contribution in [2.75, 3.05) is 19.6 Å². The minimum absolute atomic E-state index is 0.490. The third kappa shape index (κ3) is 4.08. The molecule has 2 rings (SSSR count). The van der Waals surface area contributed by atoms with Crippen molar-refractivity contribution in [1.82, 2.24) is 10.2 Å². The lowest BCUT2D eigenvalue weighted by molar-refractivity contribution is 0.133. The molecule has 2 nitrogen and oxygen atoms in total. The highest BCUT2D eigenvalue weighted by Gasteiger charge is 2.35. The van der Waals surface area contributed by atoms with Gasteiger partial charge in [0.25, 0.3) is 0 Å². The van der Waals surface area contributed by atoms with E-state index in [2.05, 4.69) is 69.1 Å². The highest BCUT2D eigenvalue weighted by molar-refractivity contribution is 5.37. The molecule has 21 heavy (non-hydrogen) atoms. The predicted molar refractivity (Wildman–Crippen MR) is 91.6 cm³/mol. The first-order valence-corrected chi connectivity index (χ1v) is 8.58. The fourth-order valence-electron chi connectivity index (χ4n) is 3.66. The second-order valence-corrected chi connectivity index (χ2v) is 7.25. The summed E-state index contributed by atoms with van der Waals surface area (Å²) in [7, 11) is 0. The summed E-state index contributed by atoms with van der Waals surface area (Å²) in [6, 6.07) is 10.1. The molecule has 0 spiro atoms. The van der Waals surface area contributed by atoms with Crippen molar-refractivity contribution in [2.45, 2.75) is 53.1 Å². The highest BCUT2D eigenvalue weighted by Crippen LogP contribution is 2.35. The maximum absolute atomic E-state index is 3.74. The van der Waals surface area contributed by atoms with Crippen LogP contribution in [-0.4, -0.2) is 30.6 Å². The van der Waals surface area contributed by atoms with Crippen molar-refractivity contribution in [2.24, 2.45) is 11.8 Å². The molecule has 1 aliphatic carbocycles. The Morgan fingerprint density at radius 2 is 1.71 bits per heavy atom. The molecule has 0 aromatic heterocycles. The van der Waals surface area contributed by atoms with E-state index in [4.69, 9.17) is 0 Å². The number of fused-ring (bicyclic) bond motifs is 1. The summed E-state index contributed by atoms with van der Waals surface area (Å²) in [6.07, 6.45) is 1.19. The van der Waals surface area contributed by atoms with Gasteiger partial charge in [-0.1, -0.05) is 58.9 Å². The van der Waals surface area contributed by atoms with Gasteiger partial charge in [-0.25, -0.2) is 0 Å². The Morgan fingerprint density at radius 3 is 2.29 bits per heavy atom. The molecule has 0 amide bonds. The molecule has 1 aromatic rings. The summed E-state index contributed by atoms with van der Waals surface area (Å²) in [6.45, 7) is 15.0.